The predicted molar refractivity (Wildman–Crippen MR) is 63.8 cm³/mol. The predicted octanol–water partition coefficient (Wildman–Crippen LogP) is 0.721. The van der Waals surface area contributed by atoms with Crippen LogP contribution in [0.4, 0.5) is 0 Å². The molecule has 1 rings (SSSR count). The average molecular weight is 240 g/mol. The van der Waals surface area contributed by atoms with Gasteiger partial charge in [0.2, 0.25) is 6.41 Å². The Balaban J connectivity index is 2.56. The molecule has 4 atom stereocenters. The highest BCUT2D eigenvalue weighted by Gasteiger charge is 2.37. The number of amides is 2. The van der Waals surface area contributed by atoms with E-state index in [-0.39, 0.29) is 12.3 Å². The zero-order valence-electron chi connectivity index (χ0n) is 10.7. The molecule has 2 amide bonds. The Bertz CT molecular complexity index is 317. The first kappa shape index (κ1) is 13.7. The van der Waals surface area contributed by atoms with E-state index in [1.54, 1.807) is 6.20 Å². The third-order valence-corrected chi connectivity index (χ3v) is 3.44. The van der Waals surface area contributed by atoms with Gasteiger partial charge in [-0.2, -0.15) is 0 Å². The maximum absolute atomic E-state index is 11.1. The second kappa shape index (κ2) is 5.82. The standard InChI is InChI=1S/C12H20N2O3/c1-8-9(2)12(17-10(8)3)14(4)6-5-11(16)13-7-15/h5-10,12H,1-4H3,(H,13,15,16)/b6-5-. The molecule has 1 saturated heterocycles. The Morgan fingerprint density at radius 3 is 2.41 bits per heavy atom. The molecule has 0 bridgehead atoms. The molecule has 1 aliphatic heterocycles. The molecule has 17 heavy (non-hydrogen) atoms. The van der Waals surface area contributed by atoms with E-state index >= 15 is 0 Å². The maximum atomic E-state index is 11.1. The molecule has 1 N–H and O–H groups in total. The number of ether oxygens (including phenoxy) is 1. The number of nitrogens with zero attached hydrogens (tertiary/aromatic N) is 1. The van der Waals surface area contributed by atoms with Gasteiger partial charge in [0.25, 0.3) is 5.91 Å². The van der Waals surface area contributed by atoms with Crippen LogP contribution in [-0.4, -0.2) is 36.6 Å². The third-order valence-electron chi connectivity index (χ3n) is 3.44. The van der Waals surface area contributed by atoms with E-state index in [0.717, 1.165) is 0 Å². The molecule has 0 radical (unpaired) electrons. The van der Waals surface area contributed by atoms with Crippen LogP contribution in [0.3, 0.4) is 0 Å². The lowest BCUT2D eigenvalue weighted by Gasteiger charge is -2.26. The van der Waals surface area contributed by atoms with Crippen LogP contribution in [0.25, 0.3) is 0 Å². The van der Waals surface area contributed by atoms with Crippen molar-refractivity contribution in [2.24, 2.45) is 11.8 Å². The monoisotopic (exact) mass is 240 g/mol. The van der Waals surface area contributed by atoms with Gasteiger partial charge in [-0.1, -0.05) is 13.8 Å². The summed E-state index contributed by atoms with van der Waals surface area (Å²) in [4.78, 5) is 23.0. The summed E-state index contributed by atoms with van der Waals surface area (Å²) in [6.07, 6.45) is 3.50. The van der Waals surface area contributed by atoms with Gasteiger partial charge in [-0.25, -0.2) is 0 Å². The fourth-order valence-corrected chi connectivity index (χ4v) is 2.00. The van der Waals surface area contributed by atoms with Gasteiger partial charge in [0.05, 0.1) is 6.10 Å². The van der Waals surface area contributed by atoms with Crippen LogP contribution < -0.4 is 5.32 Å². The van der Waals surface area contributed by atoms with Crippen LogP contribution in [-0.2, 0) is 14.3 Å². The highest BCUT2D eigenvalue weighted by molar-refractivity contribution is 5.94. The van der Waals surface area contributed by atoms with Crippen LogP contribution >= 0.6 is 0 Å². The number of hydrogen-bond acceptors (Lipinski definition) is 4. The van der Waals surface area contributed by atoms with E-state index < -0.39 is 5.91 Å². The highest BCUT2D eigenvalue weighted by atomic mass is 16.5. The minimum atomic E-state index is -0.432. The molecule has 5 heteroatoms. The first-order valence-electron chi connectivity index (χ1n) is 5.77. The number of nitrogens with one attached hydrogen (secondary N) is 1. The molecule has 1 aliphatic rings. The Morgan fingerprint density at radius 1 is 1.29 bits per heavy atom. The molecule has 0 aromatic carbocycles. The Morgan fingerprint density at radius 2 is 1.94 bits per heavy atom. The average Bonchev–Trinajstić information content (AvgIpc) is 2.54. The van der Waals surface area contributed by atoms with E-state index in [2.05, 4.69) is 20.8 Å². The summed E-state index contributed by atoms with van der Waals surface area (Å²) in [5.74, 6) is 0.451. The van der Waals surface area contributed by atoms with Gasteiger partial charge in [-0.15, -0.1) is 0 Å². The van der Waals surface area contributed by atoms with Crippen LogP contribution in [0, 0.1) is 11.8 Å². The molecule has 5 nitrogen and oxygen atoms in total. The largest absolute Gasteiger partial charge is 0.355 e. The number of carbonyl (C=O) groups is 2. The molecule has 0 saturated carbocycles. The molecule has 1 fully saturated rings. The Kier molecular flexibility index (Phi) is 4.69. The molecular weight excluding hydrogens is 220 g/mol. The van der Waals surface area contributed by atoms with Gasteiger partial charge in [0.15, 0.2) is 0 Å². The summed E-state index contributed by atoms with van der Waals surface area (Å²) in [7, 11) is 1.86. The number of rotatable bonds is 4. The lowest BCUT2D eigenvalue weighted by atomic mass is 9.93. The number of hydrogen-bond donors (Lipinski definition) is 1. The fourth-order valence-electron chi connectivity index (χ4n) is 2.00. The van der Waals surface area contributed by atoms with Crippen LogP contribution in [0.2, 0.25) is 0 Å². The second-order valence-corrected chi connectivity index (χ2v) is 4.56. The van der Waals surface area contributed by atoms with Crippen LogP contribution in [0.1, 0.15) is 20.8 Å². The lowest BCUT2D eigenvalue weighted by Crippen LogP contribution is -2.32. The topological polar surface area (TPSA) is 58.6 Å². The van der Waals surface area contributed by atoms with Crippen LogP contribution in [0.15, 0.2) is 12.3 Å². The Labute approximate surface area is 102 Å². The smallest absolute Gasteiger partial charge is 0.251 e. The number of carbonyl (C=O) groups excluding carboxylic acids is 2. The molecule has 0 aliphatic carbocycles. The molecule has 1 heterocycles. The minimum Gasteiger partial charge on any atom is -0.355 e. The molecule has 0 spiro atoms. The van der Waals surface area contributed by atoms with Gasteiger partial charge < -0.3 is 9.64 Å². The van der Waals surface area contributed by atoms with Gasteiger partial charge in [0, 0.05) is 25.2 Å². The van der Waals surface area contributed by atoms with Crippen LogP contribution in [0.5, 0.6) is 0 Å². The number of imide groups is 1. The summed E-state index contributed by atoms with van der Waals surface area (Å²) >= 11 is 0. The van der Waals surface area contributed by atoms with Gasteiger partial charge >= 0.3 is 0 Å². The van der Waals surface area contributed by atoms with E-state index in [0.29, 0.717) is 18.2 Å². The van der Waals surface area contributed by atoms with E-state index in [4.69, 9.17) is 4.74 Å². The zero-order valence-corrected chi connectivity index (χ0v) is 10.7. The zero-order chi connectivity index (χ0) is 13.0. The van der Waals surface area contributed by atoms with E-state index in [1.165, 1.54) is 6.08 Å². The van der Waals surface area contributed by atoms with E-state index in [1.807, 2.05) is 17.3 Å². The SMILES string of the molecule is CC1OC(N(C)/C=C\C(=O)NC=O)C(C)C1C. The lowest BCUT2D eigenvalue weighted by molar-refractivity contribution is -0.121. The van der Waals surface area contributed by atoms with Gasteiger partial charge in [-0.3, -0.25) is 14.9 Å². The molecule has 96 valence electrons. The van der Waals surface area contributed by atoms with Crippen molar-refractivity contribution in [3.05, 3.63) is 12.3 Å². The quantitative estimate of drug-likeness (QED) is 0.581. The summed E-state index contributed by atoms with van der Waals surface area (Å²) in [6.45, 7) is 6.35. The molecule has 4 unspecified atom stereocenters. The first-order valence-corrected chi connectivity index (χ1v) is 5.77. The minimum absolute atomic E-state index is 0.0275. The van der Waals surface area contributed by atoms with E-state index in [9.17, 15) is 9.59 Å². The van der Waals surface area contributed by atoms with Gasteiger partial charge in [0.1, 0.15) is 6.23 Å². The van der Waals surface area contributed by atoms with Crippen molar-refractivity contribution in [3.8, 4) is 0 Å². The fraction of sp³-hybridized carbons (Fsp3) is 0.667. The normalized spacial score (nSPS) is 32.7. The van der Waals surface area contributed by atoms with Crippen molar-refractivity contribution in [2.75, 3.05) is 7.05 Å². The van der Waals surface area contributed by atoms with Crippen molar-refractivity contribution in [1.29, 1.82) is 0 Å². The van der Waals surface area contributed by atoms with Gasteiger partial charge in [-0.05, 0) is 12.8 Å². The second-order valence-electron chi connectivity index (χ2n) is 4.56. The third kappa shape index (κ3) is 3.30. The summed E-state index contributed by atoms with van der Waals surface area (Å²) < 4.78 is 5.81. The molecular formula is C12H20N2O3. The van der Waals surface area contributed by atoms with Crippen molar-refractivity contribution >= 4 is 12.3 Å². The molecule has 0 aromatic heterocycles. The summed E-state index contributed by atoms with van der Waals surface area (Å²) in [5, 5.41) is 2.05. The summed E-state index contributed by atoms with van der Waals surface area (Å²) in [5.41, 5.74) is 0. The van der Waals surface area contributed by atoms with Crippen molar-refractivity contribution in [1.82, 2.24) is 10.2 Å². The van der Waals surface area contributed by atoms with Crippen molar-refractivity contribution < 1.29 is 14.3 Å². The van der Waals surface area contributed by atoms with Crippen molar-refractivity contribution in [2.45, 2.75) is 33.1 Å². The maximum Gasteiger partial charge on any atom is 0.251 e. The first-order chi connectivity index (χ1) is 7.97. The highest BCUT2D eigenvalue weighted by Crippen LogP contribution is 2.33. The summed E-state index contributed by atoms with van der Waals surface area (Å²) in [6, 6.07) is 0. The van der Waals surface area contributed by atoms with Crippen molar-refractivity contribution in [3.63, 3.8) is 0 Å². The molecule has 0 aromatic rings. The Hall–Kier alpha value is -1.36.